The van der Waals surface area contributed by atoms with Gasteiger partial charge in [0.1, 0.15) is 12.7 Å². The van der Waals surface area contributed by atoms with Crippen LogP contribution in [0.5, 0.6) is 11.5 Å². The van der Waals surface area contributed by atoms with E-state index in [9.17, 15) is 18.3 Å². The molecule has 1 atom stereocenters. The fraction of sp³-hybridized carbons (Fsp3) is 0.182. The van der Waals surface area contributed by atoms with Gasteiger partial charge in [-0.25, -0.2) is 0 Å². The number of ether oxygens (including phenoxy) is 2. The molecule has 0 aliphatic carbocycles. The number of hydrogen-bond acceptors (Lipinski definition) is 3. The lowest BCUT2D eigenvalue weighted by Crippen LogP contribution is -2.06. The fourth-order valence-electron chi connectivity index (χ4n) is 2.76. The molecule has 6 heteroatoms. The van der Waals surface area contributed by atoms with E-state index in [2.05, 4.69) is 0 Å². The number of hydrogen-bond donors (Lipinski definition) is 1. The Balaban J connectivity index is 1.77. The van der Waals surface area contributed by atoms with Crippen molar-refractivity contribution < 1.29 is 27.8 Å². The molecule has 0 radical (unpaired) electrons. The van der Waals surface area contributed by atoms with Crippen LogP contribution in [-0.2, 0) is 12.8 Å². The Bertz CT molecular complexity index is 907. The summed E-state index contributed by atoms with van der Waals surface area (Å²) in [5.74, 6) is 0.939. The van der Waals surface area contributed by atoms with Crippen molar-refractivity contribution in [3.63, 3.8) is 0 Å². The average Bonchev–Trinajstić information content (AvgIpc) is 2.72. The second-order valence-electron chi connectivity index (χ2n) is 6.21. The Morgan fingerprint density at radius 1 is 0.857 bits per heavy atom. The number of rotatable bonds is 6. The van der Waals surface area contributed by atoms with Crippen LogP contribution in [0.1, 0.15) is 28.4 Å². The summed E-state index contributed by atoms with van der Waals surface area (Å²) in [7, 11) is 1.49. The first-order valence-corrected chi connectivity index (χ1v) is 8.58. The highest BCUT2D eigenvalue weighted by Crippen LogP contribution is 2.34. The van der Waals surface area contributed by atoms with Gasteiger partial charge in [-0.05, 0) is 41.0 Å². The molecule has 3 aromatic carbocycles. The standard InChI is InChI=1S/C22H19F3O3/c1-27-20-13-17(9-12-19(20)28-14-15-5-3-2-4-6-15)21(26)16-7-10-18(11-8-16)22(23,24)25/h2-13,21,26H,14H2,1H3. The van der Waals surface area contributed by atoms with Crippen LogP contribution in [0.15, 0.2) is 72.8 Å². The van der Waals surface area contributed by atoms with Gasteiger partial charge in [0.15, 0.2) is 11.5 Å². The van der Waals surface area contributed by atoms with Crippen LogP contribution in [0, 0.1) is 0 Å². The van der Waals surface area contributed by atoms with Crippen LogP contribution in [-0.4, -0.2) is 12.2 Å². The van der Waals surface area contributed by atoms with Crippen LogP contribution < -0.4 is 9.47 Å². The zero-order chi connectivity index (χ0) is 20.1. The molecular weight excluding hydrogens is 369 g/mol. The summed E-state index contributed by atoms with van der Waals surface area (Å²) in [5.41, 5.74) is 1.08. The van der Waals surface area contributed by atoms with Gasteiger partial charge in [-0.1, -0.05) is 48.5 Å². The predicted octanol–water partition coefficient (Wildman–Crippen LogP) is 5.37. The third kappa shape index (κ3) is 4.64. The van der Waals surface area contributed by atoms with Crippen molar-refractivity contribution in [1.29, 1.82) is 0 Å². The first kappa shape index (κ1) is 19.8. The molecular formula is C22H19F3O3. The second-order valence-corrected chi connectivity index (χ2v) is 6.21. The molecule has 0 saturated heterocycles. The summed E-state index contributed by atoms with van der Waals surface area (Å²) in [4.78, 5) is 0. The van der Waals surface area contributed by atoms with Crippen LogP contribution in [0.3, 0.4) is 0 Å². The molecule has 1 N–H and O–H groups in total. The molecule has 28 heavy (non-hydrogen) atoms. The van der Waals surface area contributed by atoms with E-state index < -0.39 is 17.8 Å². The normalized spacial score (nSPS) is 12.5. The van der Waals surface area contributed by atoms with Gasteiger partial charge >= 0.3 is 6.18 Å². The van der Waals surface area contributed by atoms with Crippen LogP contribution >= 0.6 is 0 Å². The lowest BCUT2D eigenvalue weighted by Gasteiger charge is -2.16. The lowest BCUT2D eigenvalue weighted by atomic mass is 10.00. The van der Waals surface area contributed by atoms with Gasteiger partial charge in [-0.2, -0.15) is 13.2 Å². The monoisotopic (exact) mass is 388 g/mol. The summed E-state index contributed by atoms with van der Waals surface area (Å²) in [6.45, 7) is 0.359. The molecule has 3 nitrogen and oxygen atoms in total. The molecule has 3 rings (SSSR count). The summed E-state index contributed by atoms with van der Waals surface area (Å²) >= 11 is 0. The number of benzene rings is 3. The van der Waals surface area contributed by atoms with Gasteiger partial charge in [0.2, 0.25) is 0 Å². The van der Waals surface area contributed by atoms with Crippen LogP contribution in [0.2, 0.25) is 0 Å². The Morgan fingerprint density at radius 2 is 1.50 bits per heavy atom. The van der Waals surface area contributed by atoms with E-state index in [-0.39, 0.29) is 0 Å². The molecule has 0 amide bonds. The molecule has 0 heterocycles. The van der Waals surface area contributed by atoms with Crippen molar-refractivity contribution in [2.24, 2.45) is 0 Å². The van der Waals surface area contributed by atoms with E-state index in [1.807, 2.05) is 30.3 Å². The lowest BCUT2D eigenvalue weighted by molar-refractivity contribution is -0.137. The Morgan fingerprint density at radius 3 is 2.11 bits per heavy atom. The van der Waals surface area contributed by atoms with Gasteiger partial charge in [0.05, 0.1) is 12.7 Å². The van der Waals surface area contributed by atoms with Gasteiger partial charge in [0.25, 0.3) is 0 Å². The molecule has 0 spiro atoms. The Hall–Kier alpha value is -2.99. The third-order valence-electron chi connectivity index (χ3n) is 4.29. The summed E-state index contributed by atoms with van der Waals surface area (Å²) in [5, 5.41) is 10.5. The van der Waals surface area contributed by atoms with E-state index in [4.69, 9.17) is 9.47 Å². The van der Waals surface area contributed by atoms with Crippen molar-refractivity contribution >= 4 is 0 Å². The number of aliphatic hydroxyl groups is 1. The number of alkyl halides is 3. The van der Waals surface area contributed by atoms with Crippen molar-refractivity contribution in [2.45, 2.75) is 18.9 Å². The maximum Gasteiger partial charge on any atom is 0.416 e. The van der Waals surface area contributed by atoms with Crippen LogP contribution in [0.25, 0.3) is 0 Å². The minimum Gasteiger partial charge on any atom is -0.493 e. The van der Waals surface area contributed by atoms with E-state index in [0.717, 1.165) is 17.7 Å². The summed E-state index contributed by atoms with van der Waals surface area (Å²) in [6.07, 6.45) is -5.50. The summed E-state index contributed by atoms with van der Waals surface area (Å²) < 4.78 is 49.2. The molecule has 146 valence electrons. The quantitative estimate of drug-likeness (QED) is 0.617. The van der Waals surface area contributed by atoms with E-state index in [1.54, 1.807) is 18.2 Å². The second kappa shape index (κ2) is 8.35. The number of aliphatic hydroxyl groups excluding tert-OH is 1. The van der Waals surface area contributed by atoms with E-state index >= 15 is 0 Å². The van der Waals surface area contributed by atoms with Crippen molar-refractivity contribution in [1.82, 2.24) is 0 Å². The van der Waals surface area contributed by atoms with Crippen LogP contribution in [0.4, 0.5) is 13.2 Å². The first-order chi connectivity index (χ1) is 13.4. The van der Waals surface area contributed by atoms with Gasteiger partial charge in [-0.15, -0.1) is 0 Å². The predicted molar refractivity (Wildman–Crippen MR) is 99.3 cm³/mol. The SMILES string of the molecule is COc1cc(C(O)c2ccc(C(F)(F)F)cc2)ccc1OCc1ccccc1. The number of halogens is 3. The van der Waals surface area contributed by atoms with Gasteiger partial charge in [-0.3, -0.25) is 0 Å². The molecule has 0 fully saturated rings. The molecule has 0 saturated carbocycles. The highest BCUT2D eigenvalue weighted by molar-refractivity contribution is 5.45. The molecule has 0 aromatic heterocycles. The highest BCUT2D eigenvalue weighted by atomic mass is 19.4. The fourth-order valence-corrected chi connectivity index (χ4v) is 2.76. The molecule has 0 aliphatic rings. The molecule has 1 unspecified atom stereocenters. The molecule has 0 bridgehead atoms. The van der Waals surface area contributed by atoms with Crippen molar-refractivity contribution in [2.75, 3.05) is 7.11 Å². The van der Waals surface area contributed by atoms with E-state index in [0.29, 0.717) is 29.2 Å². The smallest absolute Gasteiger partial charge is 0.416 e. The highest BCUT2D eigenvalue weighted by Gasteiger charge is 2.30. The minimum atomic E-state index is -4.41. The number of methoxy groups -OCH3 is 1. The van der Waals surface area contributed by atoms with Crippen molar-refractivity contribution in [3.8, 4) is 11.5 Å². The zero-order valence-corrected chi connectivity index (χ0v) is 15.1. The Labute approximate surface area is 161 Å². The largest absolute Gasteiger partial charge is 0.493 e. The van der Waals surface area contributed by atoms with Crippen molar-refractivity contribution in [3.05, 3.63) is 95.1 Å². The van der Waals surface area contributed by atoms with Gasteiger partial charge < -0.3 is 14.6 Å². The topological polar surface area (TPSA) is 38.7 Å². The maximum atomic E-state index is 12.7. The van der Waals surface area contributed by atoms with Gasteiger partial charge in [0, 0.05) is 0 Å². The average molecular weight is 388 g/mol. The molecule has 0 aliphatic heterocycles. The molecule has 3 aromatic rings. The van der Waals surface area contributed by atoms with E-state index in [1.165, 1.54) is 19.2 Å². The Kier molecular flexibility index (Phi) is 5.90. The minimum absolute atomic E-state index is 0.355. The summed E-state index contributed by atoms with van der Waals surface area (Å²) in [6, 6.07) is 19.0. The third-order valence-corrected chi connectivity index (χ3v) is 4.29. The maximum absolute atomic E-state index is 12.7. The zero-order valence-electron chi connectivity index (χ0n) is 15.1. The first-order valence-electron chi connectivity index (χ1n) is 8.58.